The lowest BCUT2D eigenvalue weighted by molar-refractivity contribution is 0.906. The van der Waals surface area contributed by atoms with E-state index >= 15 is 0 Å². The molecule has 11 heavy (non-hydrogen) atoms. The highest BCUT2D eigenvalue weighted by Gasteiger charge is 2.16. The van der Waals surface area contributed by atoms with Gasteiger partial charge in [0.15, 0.2) is 0 Å². The molecule has 4 heteroatoms. The van der Waals surface area contributed by atoms with E-state index in [4.69, 9.17) is 0 Å². The van der Waals surface area contributed by atoms with Crippen LogP contribution in [0.2, 0.25) is 0 Å². The monoisotopic (exact) mass is 152 g/mol. The van der Waals surface area contributed by atoms with Crippen molar-refractivity contribution in [2.45, 2.75) is 19.3 Å². The van der Waals surface area contributed by atoms with Crippen LogP contribution in [-0.2, 0) is 12.8 Å². The van der Waals surface area contributed by atoms with Crippen molar-refractivity contribution in [1.29, 1.82) is 0 Å². The third kappa shape index (κ3) is 0.824. The van der Waals surface area contributed by atoms with Gasteiger partial charge in [-0.15, -0.1) is 0 Å². The lowest BCUT2D eigenvalue weighted by Crippen LogP contribution is -2.24. The zero-order chi connectivity index (χ0) is 7.84. The van der Waals surface area contributed by atoms with Crippen LogP contribution in [0, 0.1) is 0 Å². The first kappa shape index (κ1) is 6.39. The molecule has 4 nitrogen and oxygen atoms in total. The van der Waals surface area contributed by atoms with Crippen LogP contribution in [0.1, 0.15) is 17.5 Å². The van der Waals surface area contributed by atoms with Crippen LogP contribution in [0.15, 0.2) is 9.59 Å². The van der Waals surface area contributed by atoms with Crippen molar-refractivity contribution >= 4 is 0 Å². The first-order valence-corrected chi connectivity index (χ1v) is 3.62. The average molecular weight is 152 g/mol. The predicted octanol–water partition coefficient (Wildman–Crippen LogP) is -0.448. The molecule has 1 aliphatic rings. The minimum absolute atomic E-state index is 0.142. The van der Waals surface area contributed by atoms with E-state index in [9.17, 15) is 9.59 Å². The van der Waals surface area contributed by atoms with Crippen molar-refractivity contribution in [3.05, 3.63) is 31.8 Å². The van der Waals surface area contributed by atoms with Gasteiger partial charge in [-0.1, -0.05) is 0 Å². The number of fused-ring (bicyclic) bond motifs is 1. The molecule has 2 rings (SSSR count). The molecule has 0 saturated heterocycles. The summed E-state index contributed by atoms with van der Waals surface area (Å²) in [5.74, 6) is 0. The molecule has 1 aromatic heterocycles. The largest absolute Gasteiger partial charge is 0.268 e. The van der Waals surface area contributed by atoms with Gasteiger partial charge in [0, 0.05) is 11.1 Å². The summed E-state index contributed by atoms with van der Waals surface area (Å²) in [5.41, 5.74) is 1.07. The van der Waals surface area contributed by atoms with Gasteiger partial charge in [0.05, 0.1) is 0 Å². The van der Waals surface area contributed by atoms with E-state index in [1.54, 1.807) is 0 Å². The van der Waals surface area contributed by atoms with Crippen LogP contribution in [0.5, 0.6) is 0 Å². The first-order valence-electron chi connectivity index (χ1n) is 3.62. The van der Waals surface area contributed by atoms with Gasteiger partial charge in [-0.2, -0.15) is 0 Å². The Morgan fingerprint density at radius 1 is 0.909 bits per heavy atom. The van der Waals surface area contributed by atoms with Gasteiger partial charge in [0.25, 0.3) is 11.1 Å². The molecular weight excluding hydrogens is 144 g/mol. The number of H-pyrrole nitrogens is 2. The molecule has 0 amide bonds. The number of aromatic amines is 2. The van der Waals surface area contributed by atoms with Crippen molar-refractivity contribution < 1.29 is 0 Å². The maximum atomic E-state index is 11.0. The average Bonchev–Trinajstić information content (AvgIpc) is 2.45. The Labute approximate surface area is 62.3 Å². The van der Waals surface area contributed by atoms with Crippen molar-refractivity contribution in [1.82, 2.24) is 10.2 Å². The summed E-state index contributed by atoms with van der Waals surface area (Å²) < 4.78 is 0. The Bertz CT molecular complexity index is 351. The standard InChI is InChI=1S/C7H8N2O2/c10-6-4-2-1-3-5(4)7(11)9-8-6/h1-3H2,(H,8,10)(H,9,11). The molecular formula is C7H8N2O2. The van der Waals surface area contributed by atoms with Crippen LogP contribution < -0.4 is 11.1 Å². The van der Waals surface area contributed by atoms with Gasteiger partial charge in [0.2, 0.25) is 0 Å². The summed E-state index contributed by atoms with van der Waals surface area (Å²) in [6.45, 7) is 0. The van der Waals surface area contributed by atoms with E-state index in [1.807, 2.05) is 0 Å². The summed E-state index contributed by atoms with van der Waals surface area (Å²) in [6, 6.07) is 0. The Morgan fingerprint density at radius 2 is 1.36 bits per heavy atom. The molecule has 0 spiro atoms. The normalized spacial score (nSPS) is 14.9. The summed E-state index contributed by atoms with van der Waals surface area (Å²) in [6.07, 6.45) is 2.41. The van der Waals surface area contributed by atoms with Crippen molar-refractivity contribution in [3.8, 4) is 0 Å². The zero-order valence-corrected chi connectivity index (χ0v) is 5.94. The van der Waals surface area contributed by atoms with Gasteiger partial charge >= 0.3 is 0 Å². The maximum absolute atomic E-state index is 11.0. The zero-order valence-electron chi connectivity index (χ0n) is 5.94. The molecule has 0 atom stereocenters. The second kappa shape index (κ2) is 2.08. The number of nitrogens with one attached hydrogen (secondary N) is 2. The SMILES string of the molecule is O=c1[nH][nH]c(=O)c2c1CCC2. The molecule has 2 N–H and O–H groups in total. The lowest BCUT2D eigenvalue weighted by Gasteiger charge is -1.92. The van der Waals surface area contributed by atoms with Crippen molar-refractivity contribution in [2.75, 3.05) is 0 Å². The van der Waals surface area contributed by atoms with Crippen LogP contribution in [0.25, 0.3) is 0 Å². The number of rotatable bonds is 0. The van der Waals surface area contributed by atoms with Crippen molar-refractivity contribution in [2.24, 2.45) is 0 Å². The summed E-state index contributed by atoms with van der Waals surface area (Å²) >= 11 is 0. The highest BCUT2D eigenvalue weighted by atomic mass is 16.1. The van der Waals surface area contributed by atoms with E-state index < -0.39 is 0 Å². The second-order valence-corrected chi connectivity index (χ2v) is 2.72. The topological polar surface area (TPSA) is 65.7 Å². The van der Waals surface area contributed by atoms with E-state index in [2.05, 4.69) is 10.2 Å². The molecule has 0 unspecified atom stereocenters. The Morgan fingerprint density at radius 3 is 1.82 bits per heavy atom. The molecule has 0 fully saturated rings. The summed E-state index contributed by atoms with van der Waals surface area (Å²) in [7, 11) is 0. The molecule has 0 bridgehead atoms. The number of aromatic nitrogens is 2. The highest BCUT2D eigenvalue weighted by Crippen LogP contribution is 2.12. The fourth-order valence-corrected chi connectivity index (χ4v) is 1.51. The minimum Gasteiger partial charge on any atom is -0.268 e. The van der Waals surface area contributed by atoms with E-state index in [0.717, 1.165) is 19.3 Å². The van der Waals surface area contributed by atoms with Gasteiger partial charge in [-0.25, -0.2) is 0 Å². The molecule has 58 valence electrons. The third-order valence-electron chi connectivity index (χ3n) is 2.06. The molecule has 0 radical (unpaired) electrons. The number of hydrogen-bond donors (Lipinski definition) is 2. The summed E-state index contributed by atoms with van der Waals surface area (Å²) in [5, 5.41) is 4.61. The van der Waals surface area contributed by atoms with E-state index in [1.165, 1.54) is 0 Å². The molecule has 0 saturated carbocycles. The first-order chi connectivity index (χ1) is 5.29. The van der Waals surface area contributed by atoms with Gasteiger partial charge in [0.1, 0.15) is 0 Å². The Kier molecular flexibility index (Phi) is 1.21. The highest BCUT2D eigenvalue weighted by molar-refractivity contribution is 5.25. The van der Waals surface area contributed by atoms with Gasteiger partial charge in [-0.3, -0.25) is 19.8 Å². The predicted molar refractivity (Wildman–Crippen MR) is 39.7 cm³/mol. The Hall–Kier alpha value is -1.32. The van der Waals surface area contributed by atoms with Crippen LogP contribution in [-0.4, -0.2) is 10.2 Å². The molecule has 0 aromatic carbocycles. The fraction of sp³-hybridized carbons (Fsp3) is 0.429. The molecule has 0 aliphatic heterocycles. The quantitative estimate of drug-likeness (QED) is 0.529. The molecule has 1 aromatic rings. The second-order valence-electron chi connectivity index (χ2n) is 2.72. The maximum Gasteiger partial charge on any atom is 0.266 e. The van der Waals surface area contributed by atoms with Crippen molar-refractivity contribution in [3.63, 3.8) is 0 Å². The van der Waals surface area contributed by atoms with E-state index in [-0.39, 0.29) is 11.1 Å². The van der Waals surface area contributed by atoms with Crippen LogP contribution in [0.4, 0.5) is 0 Å². The summed E-state index contributed by atoms with van der Waals surface area (Å²) in [4.78, 5) is 22.1. The minimum atomic E-state index is -0.142. The van der Waals surface area contributed by atoms with Gasteiger partial charge < -0.3 is 0 Å². The lowest BCUT2D eigenvalue weighted by atomic mass is 10.2. The molecule has 1 heterocycles. The number of hydrogen-bond acceptors (Lipinski definition) is 2. The Balaban J connectivity index is 2.84. The third-order valence-corrected chi connectivity index (χ3v) is 2.06. The molecule has 1 aliphatic carbocycles. The van der Waals surface area contributed by atoms with Crippen LogP contribution >= 0.6 is 0 Å². The van der Waals surface area contributed by atoms with E-state index in [0.29, 0.717) is 11.1 Å². The smallest absolute Gasteiger partial charge is 0.266 e. The fourth-order valence-electron chi connectivity index (χ4n) is 1.51. The van der Waals surface area contributed by atoms with Gasteiger partial charge in [-0.05, 0) is 19.3 Å². The van der Waals surface area contributed by atoms with Crippen LogP contribution in [0.3, 0.4) is 0 Å².